The molecule has 1 aromatic carbocycles. The van der Waals surface area contributed by atoms with Crippen LogP contribution in [-0.4, -0.2) is 41.9 Å². The van der Waals surface area contributed by atoms with Crippen molar-refractivity contribution < 1.29 is 9.18 Å². The predicted octanol–water partition coefficient (Wildman–Crippen LogP) is 1.49. The van der Waals surface area contributed by atoms with E-state index in [-0.39, 0.29) is 11.7 Å². The summed E-state index contributed by atoms with van der Waals surface area (Å²) < 4.78 is 12.8. The molecule has 0 N–H and O–H groups in total. The molecule has 0 aromatic heterocycles. The van der Waals surface area contributed by atoms with Gasteiger partial charge in [-0.1, -0.05) is 18.1 Å². The van der Waals surface area contributed by atoms with E-state index in [9.17, 15) is 9.18 Å². The summed E-state index contributed by atoms with van der Waals surface area (Å²) in [5.41, 5.74) is 1.09. The quantitative estimate of drug-likeness (QED) is 0.752. The van der Waals surface area contributed by atoms with Crippen LogP contribution in [-0.2, 0) is 11.3 Å². The number of hydrogen-bond acceptors (Lipinski definition) is 2. The van der Waals surface area contributed by atoms with E-state index in [2.05, 4.69) is 16.7 Å². The first-order valence-corrected chi connectivity index (χ1v) is 6.37. The van der Waals surface area contributed by atoms with Gasteiger partial charge in [0.25, 0.3) is 5.91 Å². The van der Waals surface area contributed by atoms with Gasteiger partial charge < -0.3 is 4.90 Å². The smallest absolute Gasteiger partial charge is 0.298 e. The van der Waals surface area contributed by atoms with Crippen molar-refractivity contribution >= 4 is 5.91 Å². The van der Waals surface area contributed by atoms with Crippen LogP contribution >= 0.6 is 0 Å². The van der Waals surface area contributed by atoms with Gasteiger partial charge in [-0.05, 0) is 30.5 Å². The lowest BCUT2D eigenvalue weighted by molar-refractivity contribution is -0.126. The Morgan fingerprint density at radius 1 is 1.21 bits per heavy atom. The normalized spacial score (nSPS) is 15.8. The van der Waals surface area contributed by atoms with E-state index in [0.29, 0.717) is 13.1 Å². The van der Waals surface area contributed by atoms with Crippen molar-refractivity contribution in [2.45, 2.75) is 13.5 Å². The van der Waals surface area contributed by atoms with Gasteiger partial charge in [-0.25, -0.2) is 4.39 Å². The summed E-state index contributed by atoms with van der Waals surface area (Å²) in [5, 5.41) is 0. The van der Waals surface area contributed by atoms with Gasteiger partial charge in [0, 0.05) is 32.7 Å². The van der Waals surface area contributed by atoms with Gasteiger partial charge in [0.1, 0.15) is 5.82 Å². The Hall–Kier alpha value is -1.86. The maximum atomic E-state index is 12.8. The summed E-state index contributed by atoms with van der Waals surface area (Å²) in [4.78, 5) is 15.6. The number of carbonyl (C=O) groups is 1. The molecule has 1 saturated heterocycles. The molecular weight excluding hydrogens is 243 g/mol. The molecule has 0 aliphatic carbocycles. The fourth-order valence-electron chi connectivity index (χ4n) is 2.14. The highest BCUT2D eigenvalue weighted by Crippen LogP contribution is 2.09. The van der Waals surface area contributed by atoms with Crippen molar-refractivity contribution in [3.63, 3.8) is 0 Å². The maximum Gasteiger partial charge on any atom is 0.298 e. The first-order valence-electron chi connectivity index (χ1n) is 6.37. The molecule has 2 rings (SSSR count). The van der Waals surface area contributed by atoms with Crippen molar-refractivity contribution in [3.8, 4) is 11.8 Å². The summed E-state index contributed by atoms with van der Waals surface area (Å²) in [7, 11) is 0. The number of benzene rings is 1. The zero-order valence-corrected chi connectivity index (χ0v) is 11.0. The Morgan fingerprint density at radius 2 is 1.84 bits per heavy atom. The number of nitrogens with zero attached hydrogens (tertiary/aromatic N) is 2. The van der Waals surface area contributed by atoms with E-state index >= 15 is 0 Å². The highest BCUT2D eigenvalue weighted by Gasteiger charge is 2.19. The van der Waals surface area contributed by atoms with Gasteiger partial charge >= 0.3 is 0 Å². The molecule has 1 fully saturated rings. The first kappa shape index (κ1) is 13.6. The molecule has 0 radical (unpaired) electrons. The van der Waals surface area contributed by atoms with Crippen LogP contribution in [0.1, 0.15) is 12.5 Å². The topological polar surface area (TPSA) is 23.6 Å². The van der Waals surface area contributed by atoms with Crippen molar-refractivity contribution in [2.75, 3.05) is 26.2 Å². The molecule has 1 aliphatic heterocycles. The van der Waals surface area contributed by atoms with Crippen molar-refractivity contribution in [2.24, 2.45) is 0 Å². The van der Waals surface area contributed by atoms with Gasteiger partial charge in [0.2, 0.25) is 0 Å². The molecule has 1 aliphatic rings. The van der Waals surface area contributed by atoms with Gasteiger partial charge in [-0.3, -0.25) is 9.69 Å². The van der Waals surface area contributed by atoms with Crippen molar-refractivity contribution in [1.29, 1.82) is 0 Å². The third kappa shape index (κ3) is 3.80. The van der Waals surface area contributed by atoms with E-state index in [1.165, 1.54) is 12.1 Å². The van der Waals surface area contributed by atoms with Crippen LogP contribution in [0.25, 0.3) is 0 Å². The Morgan fingerprint density at radius 3 is 2.42 bits per heavy atom. The van der Waals surface area contributed by atoms with E-state index < -0.39 is 0 Å². The number of halogens is 1. The van der Waals surface area contributed by atoms with Crippen LogP contribution in [0.3, 0.4) is 0 Å². The zero-order chi connectivity index (χ0) is 13.7. The number of piperazine rings is 1. The molecule has 0 spiro atoms. The van der Waals surface area contributed by atoms with Crippen molar-refractivity contribution in [3.05, 3.63) is 35.6 Å². The van der Waals surface area contributed by atoms with Crippen LogP contribution in [0.2, 0.25) is 0 Å². The molecule has 3 nitrogen and oxygen atoms in total. The second-order valence-corrected chi connectivity index (χ2v) is 4.57. The molecule has 0 atom stereocenters. The number of rotatable bonds is 2. The highest BCUT2D eigenvalue weighted by atomic mass is 19.1. The molecule has 1 amide bonds. The SMILES string of the molecule is CC#CC(=O)N1CCN(Cc2ccc(F)cc2)CC1. The number of hydrogen-bond donors (Lipinski definition) is 0. The molecule has 0 unspecified atom stereocenters. The van der Waals surface area contributed by atoms with E-state index in [4.69, 9.17) is 0 Å². The second kappa shape index (κ2) is 6.35. The van der Waals surface area contributed by atoms with Gasteiger partial charge in [0.05, 0.1) is 0 Å². The lowest BCUT2D eigenvalue weighted by Gasteiger charge is -2.33. The summed E-state index contributed by atoms with van der Waals surface area (Å²) in [6.07, 6.45) is 0. The lowest BCUT2D eigenvalue weighted by atomic mass is 10.2. The molecule has 1 heterocycles. The molecule has 0 bridgehead atoms. The average Bonchev–Trinajstić information content (AvgIpc) is 2.42. The minimum Gasteiger partial charge on any atom is -0.329 e. The second-order valence-electron chi connectivity index (χ2n) is 4.57. The van der Waals surface area contributed by atoms with E-state index in [1.54, 1.807) is 24.0 Å². The molecule has 100 valence electrons. The Bertz CT molecular complexity index is 493. The number of amides is 1. The van der Waals surface area contributed by atoms with Crippen LogP contribution in [0.15, 0.2) is 24.3 Å². The van der Waals surface area contributed by atoms with Crippen LogP contribution in [0.4, 0.5) is 4.39 Å². The Labute approximate surface area is 113 Å². The minimum absolute atomic E-state index is 0.0936. The lowest BCUT2D eigenvalue weighted by Crippen LogP contribution is -2.47. The summed E-state index contributed by atoms with van der Waals surface area (Å²) in [6.45, 7) is 5.52. The van der Waals surface area contributed by atoms with Crippen molar-refractivity contribution in [1.82, 2.24) is 9.80 Å². The minimum atomic E-state index is -0.211. The Balaban J connectivity index is 1.84. The largest absolute Gasteiger partial charge is 0.329 e. The molecule has 0 saturated carbocycles. The maximum absolute atomic E-state index is 12.8. The predicted molar refractivity (Wildman–Crippen MR) is 71.7 cm³/mol. The summed E-state index contributed by atoms with van der Waals surface area (Å²) in [5.74, 6) is 4.89. The average molecular weight is 260 g/mol. The highest BCUT2D eigenvalue weighted by molar-refractivity contribution is 5.93. The van der Waals surface area contributed by atoms with Crippen LogP contribution in [0, 0.1) is 17.7 Å². The summed E-state index contributed by atoms with van der Waals surface area (Å²) in [6, 6.07) is 6.56. The molecule has 1 aromatic rings. The van der Waals surface area contributed by atoms with Gasteiger partial charge in [0.15, 0.2) is 0 Å². The first-order chi connectivity index (χ1) is 9.19. The van der Waals surface area contributed by atoms with Crippen LogP contribution < -0.4 is 0 Å². The zero-order valence-electron chi connectivity index (χ0n) is 11.0. The monoisotopic (exact) mass is 260 g/mol. The third-order valence-corrected chi connectivity index (χ3v) is 3.21. The van der Waals surface area contributed by atoms with E-state index in [0.717, 1.165) is 25.2 Å². The summed E-state index contributed by atoms with van der Waals surface area (Å²) >= 11 is 0. The number of carbonyl (C=O) groups excluding carboxylic acids is 1. The fraction of sp³-hybridized carbons (Fsp3) is 0.400. The fourth-order valence-corrected chi connectivity index (χ4v) is 2.14. The molecular formula is C15H17FN2O. The standard InChI is InChI=1S/C15H17FN2O/c1-2-3-15(19)18-10-8-17(9-11-18)12-13-4-6-14(16)7-5-13/h4-7H,8-12H2,1H3. The van der Waals surface area contributed by atoms with Gasteiger partial charge in [-0.15, -0.1) is 0 Å². The third-order valence-electron chi connectivity index (χ3n) is 3.21. The van der Waals surface area contributed by atoms with Gasteiger partial charge in [-0.2, -0.15) is 0 Å². The van der Waals surface area contributed by atoms with Crippen LogP contribution in [0.5, 0.6) is 0 Å². The van der Waals surface area contributed by atoms with E-state index in [1.807, 2.05) is 0 Å². The Kier molecular flexibility index (Phi) is 4.53. The molecule has 19 heavy (non-hydrogen) atoms. The molecule has 4 heteroatoms.